The third-order valence-electron chi connectivity index (χ3n) is 2.53. The molecule has 1 aromatic heterocycles. The van der Waals surface area contributed by atoms with Gasteiger partial charge in [0.05, 0.1) is 11.3 Å². The molecule has 1 aromatic carbocycles. The molecule has 0 unspecified atom stereocenters. The first-order valence-corrected chi connectivity index (χ1v) is 7.68. The molecule has 0 saturated carbocycles. The van der Waals surface area contributed by atoms with E-state index >= 15 is 0 Å². The number of nitrogens with one attached hydrogen (secondary N) is 2. The molecule has 0 aliphatic rings. The van der Waals surface area contributed by atoms with E-state index in [4.69, 9.17) is 21.2 Å². The number of hydrogen-bond donors (Lipinski definition) is 3. The van der Waals surface area contributed by atoms with Crippen molar-refractivity contribution in [2.75, 3.05) is 0 Å². The molecule has 0 spiro atoms. The predicted molar refractivity (Wildman–Crippen MR) is 76.5 cm³/mol. The summed E-state index contributed by atoms with van der Waals surface area (Å²) in [6.45, 7) is 0. The monoisotopic (exact) mass is 343 g/mol. The van der Waals surface area contributed by atoms with E-state index in [0.29, 0.717) is 0 Å². The Morgan fingerprint density at radius 2 is 1.82 bits per heavy atom. The molecule has 116 valence electrons. The summed E-state index contributed by atoms with van der Waals surface area (Å²) in [6, 6.07) is 6.42. The zero-order chi connectivity index (χ0) is 16.3. The highest BCUT2D eigenvalue weighted by Gasteiger charge is 2.17. The molecule has 8 nitrogen and oxygen atoms in total. The normalized spacial score (nSPS) is 11.0. The summed E-state index contributed by atoms with van der Waals surface area (Å²) in [7, 11) is -4.07. The Balaban J connectivity index is 2.12. The SMILES string of the molecule is NS(=O)(=O)c1cc(C(=O)NNC(=O)c2ccco2)ccc1Cl. The van der Waals surface area contributed by atoms with E-state index in [1.165, 1.54) is 30.5 Å². The van der Waals surface area contributed by atoms with Gasteiger partial charge in [-0.05, 0) is 30.3 Å². The Hall–Kier alpha value is -2.36. The van der Waals surface area contributed by atoms with Crippen LogP contribution in [0.25, 0.3) is 0 Å². The molecule has 2 amide bonds. The van der Waals surface area contributed by atoms with Crippen molar-refractivity contribution in [2.45, 2.75) is 4.90 Å². The summed E-state index contributed by atoms with van der Waals surface area (Å²) >= 11 is 5.71. The van der Waals surface area contributed by atoms with Gasteiger partial charge < -0.3 is 4.42 Å². The first kappa shape index (κ1) is 16.0. The highest BCUT2D eigenvalue weighted by atomic mass is 35.5. The minimum Gasteiger partial charge on any atom is -0.459 e. The number of furan rings is 1. The van der Waals surface area contributed by atoms with Crippen LogP contribution >= 0.6 is 11.6 Å². The van der Waals surface area contributed by atoms with E-state index in [1.807, 2.05) is 0 Å². The summed E-state index contributed by atoms with van der Waals surface area (Å²) in [5.74, 6) is -1.41. The standard InChI is InChI=1S/C12H10ClN3O5S/c13-8-4-3-7(6-10(8)22(14,19)20)11(17)15-16-12(18)9-2-1-5-21-9/h1-6H,(H,15,17)(H,16,18)(H2,14,19,20). The van der Waals surface area contributed by atoms with Crippen LogP contribution in [-0.2, 0) is 10.0 Å². The molecule has 4 N–H and O–H groups in total. The van der Waals surface area contributed by atoms with Gasteiger partial charge >= 0.3 is 5.91 Å². The molecule has 0 bridgehead atoms. The molecule has 0 fully saturated rings. The molecule has 2 aromatic rings. The number of sulfonamides is 1. The molecule has 2 rings (SSSR count). The lowest BCUT2D eigenvalue weighted by Gasteiger charge is -2.08. The first-order chi connectivity index (χ1) is 10.3. The molecule has 10 heteroatoms. The van der Waals surface area contributed by atoms with E-state index in [-0.39, 0.29) is 21.2 Å². The number of carbonyl (C=O) groups is 2. The van der Waals surface area contributed by atoms with Crippen molar-refractivity contribution < 1.29 is 22.4 Å². The van der Waals surface area contributed by atoms with Crippen LogP contribution in [0.2, 0.25) is 5.02 Å². The number of benzene rings is 1. The number of carbonyl (C=O) groups excluding carboxylic acids is 2. The summed E-state index contributed by atoms with van der Waals surface area (Å²) in [6.07, 6.45) is 1.30. The summed E-state index contributed by atoms with van der Waals surface area (Å²) in [5, 5.41) is 4.87. The van der Waals surface area contributed by atoms with Crippen LogP contribution in [0.15, 0.2) is 45.9 Å². The third-order valence-corrected chi connectivity index (χ3v) is 3.93. The zero-order valence-electron chi connectivity index (χ0n) is 10.9. The van der Waals surface area contributed by atoms with Gasteiger partial charge in [-0.1, -0.05) is 11.6 Å². The van der Waals surface area contributed by atoms with Crippen LogP contribution in [0.5, 0.6) is 0 Å². The fourth-order valence-corrected chi connectivity index (χ4v) is 2.59. The average Bonchev–Trinajstić information content (AvgIpc) is 2.97. The number of primary sulfonamides is 1. The van der Waals surface area contributed by atoms with Gasteiger partial charge in [-0.25, -0.2) is 13.6 Å². The van der Waals surface area contributed by atoms with E-state index in [2.05, 4.69) is 10.9 Å². The molecule has 0 atom stereocenters. The fraction of sp³-hybridized carbons (Fsp3) is 0. The summed E-state index contributed by atoms with van der Waals surface area (Å²) in [4.78, 5) is 23.0. The molecule has 0 aliphatic heterocycles. The Morgan fingerprint density at radius 1 is 1.14 bits per heavy atom. The Morgan fingerprint density at radius 3 is 2.41 bits per heavy atom. The number of amides is 2. The average molecular weight is 344 g/mol. The van der Waals surface area contributed by atoms with Crippen molar-refractivity contribution in [3.8, 4) is 0 Å². The maximum Gasteiger partial charge on any atom is 0.305 e. The highest BCUT2D eigenvalue weighted by Crippen LogP contribution is 2.21. The van der Waals surface area contributed by atoms with Gasteiger partial charge in [-0.2, -0.15) is 0 Å². The fourth-order valence-electron chi connectivity index (χ4n) is 1.52. The summed E-state index contributed by atoms with van der Waals surface area (Å²) in [5.41, 5.74) is 4.17. The van der Waals surface area contributed by atoms with E-state index in [9.17, 15) is 18.0 Å². The van der Waals surface area contributed by atoms with Crippen molar-refractivity contribution >= 4 is 33.4 Å². The largest absolute Gasteiger partial charge is 0.459 e. The molecule has 0 saturated heterocycles. The van der Waals surface area contributed by atoms with Crippen LogP contribution < -0.4 is 16.0 Å². The first-order valence-electron chi connectivity index (χ1n) is 5.75. The van der Waals surface area contributed by atoms with E-state index in [1.54, 1.807) is 0 Å². The second-order valence-corrected chi connectivity index (χ2v) is 6.01. The maximum atomic E-state index is 11.9. The van der Waals surface area contributed by atoms with Gasteiger partial charge in [0.15, 0.2) is 5.76 Å². The number of nitrogens with two attached hydrogens (primary N) is 1. The van der Waals surface area contributed by atoms with Gasteiger partial charge in [-0.3, -0.25) is 20.4 Å². The number of hydrazine groups is 1. The molecule has 0 radical (unpaired) electrons. The number of hydrogen-bond acceptors (Lipinski definition) is 5. The second-order valence-electron chi connectivity index (χ2n) is 4.08. The van der Waals surface area contributed by atoms with Crippen LogP contribution in [0.4, 0.5) is 0 Å². The second kappa shape index (κ2) is 6.18. The minimum absolute atomic E-state index is 0.00151. The van der Waals surface area contributed by atoms with Crippen molar-refractivity contribution in [3.05, 3.63) is 52.9 Å². The molecule has 0 aliphatic carbocycles. The highest BCUT2D eigenvalue weighted by molar-refractivity contribution is 7.89. The Kier molecular flexibility index (Phi) is 4.50. The predicted octanol–water partition coefficient (Wildman–Crippen LogP) is 0.655. The van der Waals surface area contributed by atoms with Crippen LogP contribution in [0.1, 0.15) is 20.9 Å². The van der Waals surface area contributed by atoms with Crippen LogP contribution in [-0.4, -0.2) is 20.2 Å². The summed E-state index contributed by atoms with van der Waals surface area (Å²) < 4.78 is 27.5. The van der Waals surface area contributed by atoms with Gasteiger partial charge in [0.25, 0.3) is 5.91 Å². The molecule has 22 heavy (non-hydrogen) atoms. The van der Waals surface area contributed by atoms with Crippen LogP contribution in [0.3, 0.4) is 0 Å². The Labute approximate surface area is 130 Å². The van der Waals surface area contributed by atoms with Gasteiger partial charge in [0, 0.05) is 5.56 Å². The van der Waals surface area contributed by atoms with E-state index in [0.717, 1.165) is 6.07 Å². The van der Waals surface area contributed by atoms with Gasteiger partial charge in [0.2, 0.25) is 10.0 Å². The lowest BCUT2D eigenvalue weighted by Crippen LogP contribution is -2.41. The van der Waals surface area contributed by atoms with Crippen molar-refractivity contribution in [2.24, 2.45) is 5.14 Å². The number of rotatable bonds is 3. The minimum atomic E-state index is -4.07. The zero-order valence-corrected chi connectivity index (χ0v) is 12.4. The quantitative estimate of drug-likeness (QED) is 0.704. The van der Waals surface area contributed by atoms with Crippen molar-refractivity contribution in [1.29, 1.82) is 0 Å². The lowest BCUT2D eigenvalue weighted by atomic mass is 10.2. The van der Waals surface area contributed by atoms with E-state index < -0.39 is 21.8 Å². The van der Waals surface area contributed by atoms with Gasteiger partial charge in [0.1, 0.15) is 4.90 Å². The topological polar surface area (TPSA) is 132 Å². The van der Waals surface area contributed by atoms with Crippen LogP contribution in [0, 0.1) is 0 Å². The molecular formula is C12H10ClN3O5S. The smallest absolute Gasteiger partial charge is 0.305 e. The Bertz CT molecular complexity index is 817. The molecule has 1 heterocycles. The van der Waals surface area contributed by atoms with Gasteiger partial charge in [-0.15, -0.1) is 0 Å². The van der Waals surface area contributed by atoms with Crippen molar-refractivity contribution in [1.82, 2.24) is 10.9 Å². The maximum absolute atomic E-state index is 11.9. The third kappa shape index (κ3) is 3.64. The lowest BCUT2D eigenvalue weighted by molar-refractivity contribution is 0.0831. The number of halogens is 1. The molecular weight excluding hydrogens is 334 g/mol. The van der Waals surface area contributed by atoms with Crippen molar-refractivity contribution in [3.63, 3.8) is 0 Å².